The van der Waals surface area contributed by atoms with Gasteiger partial charge in [-0.3, -0.25) is 9.35 Å². The van der Waals surface area contributed by atoms with Gasteiger partial charge in [0.15, 0.2) is 6.29 Å². The number of aliphatic hydroxyl groups is 3. The molecule has 1 rings (SSSR count). The quantitative estimate of drug-likeness (QED) is 0.0196. The summed E-state index contributed by atoms with van der Waals surface area (Å²) < 4.78 is 59.4. The standard InChI is InChI=1S/C58H102O12S/c1-3-5-7-9-11-13-15-17-19-21-23-25-27-29-31-33-35-37-39-41-43-45-47-54(60)68-52(51-67-58-56(62)57(70-71(63,64)65)55(61)53(49-59)69-58)50-66-48-46-44-42-40-38-36-34-32-30-28-26-24-22-20-18-16-14-12-10-8-6-4-2/h6,8,12,14,18,20,24,26,30,32,36,38,52-53,55-59,61-62H,3-5,7,9-11,13,15-17,19,21-23,25,27-29,31,33-35,37,39-51H2,1-2H3,(H,63,64,65)/b8-6-,14-12-,20-18-,26-24-,32-30-,38-36-. The van der Waals surface area contributed by atoms with E-state index in [1.54, 1.807) is 0 Å². The average molecular weight is 1020 g/mol. The first kappa shape index (κ1) is 66.6. The Hall–Kier alpha value is -2.46. The number of carbonyl (C=O) groups is 1. The average Bonchev–Trinajstić information content (AvgIpc) is 3.35. The molecule has 13 heteroatoms. The van der Waals surface area contributed by atoms with Gasteiger partial charge in [0.1, 0.15) is 30.5 Å². The van der Waals surface area contributed by atoms with Crippen molar-refractivity contribution in [2.24, 2.45) is 0 Å². The van der Waals surface area contributed by atoms with Crippen LogP contribution in [0.2, 0.25) is 0 Å². The van der Waals surface area contributed by atoms with Gasteiger partial charge in [0.2, 0.25) is 0 Å². The summed E-state index contributed by atoms with van der Waals surface area (Å²) in [6, 6.07) is 0. The molecule has 4 N–H and O–H groups in total. The summed E-state index contributed by atoms with van der Waals surface area (Å²) in [6.07, 6.45) is 55.1. The van der Waals surface area contributed by atoms with Crippen LogP contribution in [0, 0.1) is 0 Å². The van der Waals surface area contributed by atoms with E-state index in [1.807, 2.05) is 0 Å². The minimum Gasteiger partial charge on any atom is -0.457 e. The van der Waals surface area contributed by atoms with Crippen LogP contribution in [-0.2, 0) is 38.3 Å². The van der Waals surface area contributed by atoms with E-state index in [0.29, 0.717) is 13.0 Å². The van der Waals surface area contributed by atoms with Gasteiger partial charge >= 0.3 is 16.4 Å². The molecule has 1 fully saturated rings. The molecule has 6 atom stereocenters. The number of ether oxygens (including phenoxy) is 4. The maximum absolute atomic E-state index is 13.0. The summed E-state index contributed by atoms with van der Waals surface area (Å²) in [5, 5.41) is 30.8. The van der Waals surface area contributed by atoms with Crippen molar-refractivity contribution in [2.45, 2.75) is 263 Å². The van der Waals surface area contributed by atoms with Crippen LogP contribution in [0.15, 0.2) is 72.9 Å². The molecule has 71 heavy (non-hydrogen) atoms. The maximum atomic E-state index is 13.0. The molecule has 6 unspecified atom stereocenters. The maximum Gasteiger partial charge on any atom is 0.397 e. The molecular weight excluding hydrogens is 921 g/mol. The van der Waals surface area contributed by atoms with Crippen LogP contribution < -0.4 is 0 Å². The Balaban J connectivity index is 2.34. The molecule has 412 valence electrons. The van der Waals surface area contributed by atoms with E-state index < -0.39 is 59.8 Å². The molecule has 0 aromatic carbocycles. The fourth-order valence-electron chi connectivity index (χ4n) is 8.38. The summed E-state index contributed by atoms with van der Waals surface area (Å²) in [7, 11) is -5.07. The van der Waals surface area contributed by atoms with E-state index in [-0.39, 0.29) is 19.6 Å². The minimum absolute atomic E-state index is 0.0120. The number of aliphatic hydroxyl groups excluding tert-OH is 3. The first-order valence-corrected chi connectivity index (χ1v) is 29.6. The third kappa shape index (κ3) is 41.6. The highest BCUT2D eigenvalue weighted by Crippen LogP contribution is 2.26. The Morgan fingerprint density at radius 3 is 1.41 bits per heavy atom. The Kier molecular flexibility index (Phi) is 45.4. The first-order valence-electron chi connectivity index (χ1n) is 28.2. The molecule has 0 bridgehead atoms. The lowest BCUT2D eigenvalue weighted by molar-refractivity contribution is -0.301. The molecule has 0 saturated carbocycles. The van der Waals surface area contributed by atoms with Crippen molar-refractivity contribution in [3.8, 4) is 0 Å². The fraction of sp³-hybridized carbons (Fsp3) is 0.776. The van der Waals surface area contributed by atoms with Crippen LogP contribution in [-0.4, -0.2) is 97.5 Å². The number of rotatable bonds is 49. The van der Waals surface area contributed by atoms with E-state index in [0.717, 1.165) is 83.5 Å². The molecule has 0 spiro atoms. The van der Waals surface area contributed by atoms with Crippen molar-refractivity contribution in [2.75, 3.05) is 26.4 Å². The first-order chi connectivity index (χ1) is 34.6. The highest BCUT2D eigenvalue weighted by molar-refractivity contribution is 7.80. The van der Waals surface area contributed by atoms with Crippen molar-refractivity contribution in [1.29, 1.82) is 0 Å². The number of unbranched alkanes of at least 4 members (excludes halogenated alkanes) is 24. The lowest BCUT2D eigenvalue weighted by Gasteiger charge is -2.41. The van der Waals surface area contributed by atoms with Gasteiger partial charge in [0.05, 0.1) is 19.8 Å². The normalized spacial score (nSPS) is 19.5. The van der Waals surface area contributed by atoms with Gasteiger partial charge in [0.25, 0.3) is 0 Å². The SMILES string of the molecule is CC/C=C\C/C=C\C/C=C\C/C=C\C/C=C\C/C=C\CCCCCOCC(COC1OC(CO)C(O)C(OS(=O)(=O)O)C1O)OC(=O)CCCCCCCCCCCCCCCCCCCCCCCC. The molecule has 0 aromatic heterocycles. The van der Waals surface area contributed by atoms with Crippen LogP contribution in [0.4, 0.5) is 0 Å². The number of allylic oxidation sites excluding steroid dienone is 12. The summed E-state index contributed by atoms with van der Waals surface area (Å²) in [4.78, 5) is 13.0. The lowest BCUT2D eigenvalue weighted by atomic mass is 9.99. The third-order valence-corrected chi connectivity index (χ3v) is 13.1. The molecule has 1 heterocycles. The number of hydrogen-bond acceptors (Lipinski definition) is 11. The van der Waals surface area contributed by atoms with Gasteiger partial charge in [-0.1, -0.05) is 228 Å². The molecule has 1 aliphatic heterocycles. The van der Waals surface area contributed by atoms with E-state index in [9.17, 15) is 33.1 Å². The van der Waals surface area contributed by atoms with Crippen LogP contribution >= 0.6 is 0 Å². The molecular formula is C58H102O12S. The smallest absolute Gasteiger partial charge is 0.397 e. The molecule has 0 aromatic rings. The van der Waals surface area contributed by atoms with Crippen molar-refractivity contribution >= 4 is 16.4 Å². The summed E-state index contributed by atoms with van der Waals surface area (Å²) in [6.45, 7) is 3.83. The monoisotopic (exact) mass is 1020 g/mol. The number of carbonyl (C=O) groups excluding carboxylic acids is 1. The zero-order valence-electron chi connectivity index (χ0n) is 44.5. The molecule has 1 saturated heterocycles. The molecule has 1 aliphatic rings. The Labute approximate surface area is 432 Å². The van der Waals surface area contributed by atoms with Crippen LogP contribution in [0.1, 0.15) is 226 Å². The third-order valence-electron chi connectivity index (χ3n) is 12.6. The van der Waals surface area contributed by atoms with E-state index >= 15 is 0 Å². The number of hydrogen-bond donors (Lipinski definition) is 4. The topological polar surface area (TPSA) is 178 Å². The van der Waals surface area contributed by atoms with Gasteiger partial charge in [-0.05, 0) is 64.2 Å². The van der Waals surface area contributed by atoms with Crippen LogP contribution in [0.5, 0.6) is 0 Å². The second kappa shape index (κ2) is 48.5. The van der Waals surface area contributed by atoms with Crippen LogP contribution in [0.3, 0.4) is 0 Å². The minimum atomic E-state index is -5.07. The van der Waals surface area contributed by atoms with Crippen molar-refractivity contribution in [3.05, 3.63) is 72.9 Å². The van der Waals surface area contributed by atoms with Gasteiger partial charge in [-0.2, -0.15) is 8.42 Å². The predicted octanol–water partition coefficient (Wildman–Crippen LogP) is 13.8. The van der Waals surface area contributed by atoms with E-state index in [2.05, 4.69) is 90.9 Å². The van der Waals surface area contributed by atoms with Crippen molar-refractivity contribution in [3.63, 3.8) is 0 Å². The highest BCUT2D eigenvalue weighted by Gasteiger charge is 2.48. The zero-order chi connectivity index (χ0) is 51.7. The Morgan fingerprint density at radius 2 is 0.972 bits per heavy atom. The van der Waals surface area contributed by atoms with Crippen LogP contribution in [0.25, 0.3) is 0 Å². The van der Waals surface area contributed by atoms with Gasteiger partial charge in [-0.25, -0.2) is 4.18 Å². The summed E-state index contributed by atoms with van der Waals surface area (Å²) in [5.41, 5.74) is 0. The second-order valence-corrected chi connectivity index (χ2v) is 20.2. The molecule has 0 radical (unpaired) electrons. The van der Waals surface area contributed by atoms with Gasteiger partial charge in [0, 0.05) is 13.0 Å². The molecule has 12 nitrogen and oxygen atoms in total. The Morgan fingerprint density at radius 1 is 0.549 bits per heavy atom. The van der Waals surface area contributed by atoms with Crippen molar-refractivity contribution in [1.82, 2.24) is 0 Å². The summed E-state index contributed by atoms with van der Waals surface area (Å²) in [5.74, 6) is -0.409. The largest absolute Gasteiger partial charge is 0.457 e. The Bertz CT molecular complexity index is 1510. The second-order valence-electron chi connectivity index (χ2n) is 19.2. The molecule has 0 amide bonds. The molecule has 0 aliphatic carbocycles. The van der Waals surface area contributed by atoms with E-state index in [1.165, 1.54) is 116 Å². The number of esters is 1. The fourth-order valence-corrected chi connectivity index (χ4v) is 8.89. The lowest BCUT2D eigenvalue weighted by Crippen LogP contribution is -2.60. The highest BCUT2D eigenvalue weighted by atomic mass is 32.3. The van der Waals surface area contributed by atoms with E-state index in [4.69, 9.17) is 18.9 Å². The van der Waals surface area contributed by atoms with Gasteiger partial charge in [-0.15, -0.1) is 0 Å². The zero-order valence-corrected chi connectivity index (χ0v) is 45.3. The summed E-state index contributed by atoms with van der Waals surface area (Å²) >= 11 is 0. The van der Waals surface area contributed by atoms with Gasteiger partial charge < -0.3 is 34.3 Å². The predicted molar refractivity (Wildman–Crippen MR) is 289 cm³/mol. The van der Waals surface area contributed by atoms with Crippen molar-refractivity contribution < 1.29 is 56.2 Å².